The average molecular weight is 419 g/mol. The first-order valence-corrected chi connectivity index (χ1v) is 10.2. The molecule has 1 aromatic carbocycles. The first-order chi connectivity index (χ1) is 13.6. The molecule has 2 atom stereocenters. The zero-order valence-corrected chi connectivity index (χ0v) is 18.0. The maximum Gasteiger partial charge on any atom is 0.225 e. The van der Waals surface area contributed by atoms with E-state index in [0.717, 1.165) is 30.7 Å². The Morgan fingerprint density at radius 3 is 2.76 bits per heavy atom. The van der Waals surface area contributed by atoms with Crippen molar-refractivity contribution >= 4 is 18.3 Å². The van der Waals surface area contributed by atoms with Crippen LogP contribution in [0.4, 0.5) is 0 Å². The number of carbonyl (C=O) groups is 1. The molecule has 0 bridgehead atoms. The highest BCUT2D eigenvalue weighted by Crippen LogP contribution is 2.44. The van der Waals surface area contributed by atoms with E-state index in [1.807, 2.05) is 31.6 Å². The summed E-state index contributed by atoms with van der Waals surface area (Å²) in [6, 6.07) is 8.26. The van der Waals surface area contributed by atoms with Gasteiger partial charge in [-0.05, 0) is 24.5 Å². The van der Waals surface area contributed by atoms with Crippen molar-refractivity contribution in [1.29, 1.82) is 0 Å². The topological polar surface area (TPSA) is 68.2 Å². The molecule has 0 radical (unpaired) electrons. The summed E-state index contributed by atoms with van der Waals surface area (Å²) in [6.07, 6.45) is 8.45. The van der Waals surface area contributed by atoms with Crippen LogP contribution in [-0.4, -0.2) is 42.4 Å². The van der Waals surface area contributed by atoms with Crippen molar-refractivity contribution in [3.8, 4) is 5.75 Å². The van der Waals surface area contributed by atoms with Crippen molar-refractivity contribution in [3.63, 3.8) is 0 Å². The van der Waals surface area contributed by atoms with Gasteiger partial charge in [0.05, 0.1) is 19.2 Å². The highest BCUT2D eigenvalue weighted by atomic mass is 35.5. The summed E-state index contributed by atoms with van der Waals surface area (Å²) in [5.74, 6) is 1.19. The van der Waals surface area contributed by atoms with Crippen LogP contribution in [0.15, 0.2) is 36.7 Å². The van der Waals surface area contributed by atoms with Crippen LogP contribution in [-0.2, 0) is 17.3 Å². The van der Waals surface area contributed by atoms with E-state index in [0.29, 0.717) is 13.1 Å². The smallest absolute Gasteiger partial charge is 0.225 e. The van der Waals surface area contributed by atoms with Gasteiger partial charge in [0.15, 0.2) is 0 Å². The van der Waals surface area contributed by atoms with Gasteiger partial charge in [0, 0.05) is 49.8 Å². The molecule has 1 aliphatic carbocycles. The lowest BCUT2D eigenvalue weighted by Crippen LogP contribution is -2.43. The second-order valence-corrected chi connectivity index (χ2v) is 8.22. The summed E-state index contributed by atoms with van der Waals surface area (Å²) in [4.78, 5) is 13.1. The Balaban J connectivity index is 0.00000240. The fourth-order valence-corrected chi connectivity index (χ4v) is 5.00. The normalized spacial score (nSPS) is 22.8. The van der Waals surface area contributed by atoms with Crippen molar-refractivity contribution in [2.75, 3.05) is 26.7 Å². The Bertz CT molecular complexity index is 832. The third-order valence-electron chi connectivity index (χ3n) is 6.54. The van der Waals surface area contributed by atoms with E-state index in [1.54, 1.807) is 11.8 Å². The van der Waals surface area contributed by atoms with Crippen molar-refractivity contribution in [2.45, 2.75) is 37.0 Å². The van der Waals surface area contributed by atoms with Gasteiger partial charge in [0.25, 0.3) is 0 Å². The fraction of sp³-hybridized carbons (Fsp3) is 0.545. The molecule has 2 heterocycles. The highest BCUT2D eigenvalue weighted by molar-refractivity contribution is 5.85. The molecule has 1 aromatic heterocycles. The predicted molar refractivity (Wildman–Crippen MR) is 116 cm³/mol. The van der Waals surface area contributed by atoms with Crippen LogP contribution in [0.3, 0.4) is 0 Å². The van der Waals surface area contributed by atoms with E-state index in [-0.39, 0.29) is 35.6 Å². The highest BCUT2D eigenvalue weighted by Gasteiger charge is 2.40. The lowest BCUT2D eigenvalue weighted by Gasteiger charge is -2.32. The number of halogens is 1. The summed E-state index contributed by atoms with van der Waals surface area (Å²) < 4.78 is 7.44. The molecule has 2 fully saturated rings. The Kier molecular flexibility index (Phi) is 6.85. The molecule has 29 heavy (non-hydrogen) atoms. The first-order valence-electron chi connectivity index (χ1n) is 10.2. The standard InChI is InChI=1S/C22H30N4O2.ClH/c1-26-14-16(11-25-26)17-12-23-13-18(17)21(27)24-15-22(9-5-6-10-22)19-7-3-4-8-20(19)28-2;/h3-4,7-8,11,14,17-18,23H,5-6,9-10,12-13,15H2,1-2H3,(H,24,27);1H/t17-,18+;/m1./s1. The maximum atomic E-state index is 13.1. The van der Waals surface area contributed by atoms with Gasteiger partial charge in [0.1, 0.15) is 5.75 Å². The molecule has 1 aliphatic heterocycles. The largest absolute Gasteiger partial charge is 0.496 e. The Morgan fingerprint density at radius 1 is 1.31 bits per heavy atom. The zero-order chi connectivity index (χ0) is 19.6. The van der Waals surface area contributed by atoms with Crippen LogP contribution in [0.2, 0.25) is 0 Å². The molecule has 7 heteroatoms. The molecule has 1 amide bonds. The number of hydrogen-bond donors (Lipinski definition) is 2. The van der Waals surface area contributed by atoms with Gasteiger partial charge in [0.2, 0.25) is 5.91 Å². The van der Waals surface area contributed by atoms with E-state index < -0.39 is 0 Å². The van der Waals surface area contributed by atoms with Gasteiger partial charge in [-0.2, -0.15) is 5.10 Å². The molecule has 1 saturated heterocycles. The quantitative estimate of drug-likeness (QED) is 0.756. The molecule has 4 rings (SSSR count). The molecule has 158 valence electrons. The molecular weight excluding hydrogens is 388 g/mol. The van der Waals surface area contributed by atoms with Gasteiger partial charge in [-0.1, -0.05) is 31.0 Å². The van der Waals surface area contributed by atoms with E-state index in [1.165, 1.54) is 18.4 Å². The number of rotatable bonds is 6. The number of hydrogen-bond acceptors (Lipinski definition) is 4. The van der Waals surface area contributed by atoms with Crippen molar-refractivity contribution < 1.29 is 9.53 Å². The van der Waals surface area contributed by atoms with Gasteiger partial charge in [-0.3, -0.25) is 9.48 Å². The summed E-state index contributed by atoms with van der Waals surface area (Å²) in [6.45, 7) is 2.21. The van der Waals surface area contributed by atoms with E-state index in [9.17, 15) is 4.79 Å². The minimum Gasteiger partial charge on any atom is -0.496 e. The zero-order valence-electron chi connectivity index (χ0n) is 17.2. The molecule has 1 saturated carbocycles. The number of amides is 1. The summed E-state index contributed by atoms with van der Waals surface area (Å²) in [5, 5.41) is 11.0. The molecule has 0 unspecified atom stereocenters. The summed E-state index contributed by atoms with van der Waals surface area (Å²) in [5.41, 5.74) is 2.33. The first kappa shape index (κ1) is 21.7. The fourth-order valence-electron chi connectivity index (χ4n) is 5.00. The average Bonchev–Trinajstić information content (AvgIpc) is 3.47. The SMILES string of the molecule is COc1ccccc1C1(CNC(=O)[C@H]2CNC[C@@H]2c2cnn(C)c2)CCCC1.Cl. The molecule has 2 aromatic rings. The van der Waals surface area contributed by atoms with Gasteiger partial charge < -0.3 is 15.4 Å². The summed E-state index contributed by atoms with van der Waals surface area (Å²) in [7, 11) is 3.64. The Morgan fingerprint density at radius 2 is 2.07 bits per heavy atom. The number of benzene rings is 1. The third-order valence-corrected chi connectivity index (χ3v) is 6.54. The van der Waals surface area contributed by atoms with E-state index in [2.05, 4.69) is 27.9 Å². The van der Waals surface area contributed by atoms with Crippen molar-refractivity contribution in [1.82, 2.24) is 20.4 Å². The van der Waals surface area contributed by atoms with Crippen molar-refractivity contribution in [3.05, 3.63) is 47.8 Å². The third kappa shape index (κ3) is 4.28. The lowest BCUT2D eigenvalue weighted by atomic mass is 9.78. The van der Waals surface area contributed by atoms with Gasteiger partial charge >= 0.3 is 0 Å². The number of ether oxygens (including phenoxy) is 1. The van der Waals surface area contributed by atoms with Gasteiger partial charge in [-0.15, -0.1) is 12.4 Å². The molecule has 2 N–H and O–H groups in total. The van der Waals surface area contributed by atoms with Crippen LogP contribution in [0.25, 0.3) is 0 Å². The second-order valence-electron chi connectivity index (χ2n) is 8.22. The monoisotopic (exact) mass is 418 g/mol. The predicted octanol–water partition coefficient (Wildman–Crippen LogP) is 2.78. The second kappa shape index (κ2) is 9.18. The number of nitrogens with one attached hydrogen (secondary N) is 2. The Hall–Kier alpha value is -2.05. The number of para-hydroxylation sites is 1. The lowest BCUT2D eigenvalue weighted by molar-refractivity contribution is -0.125. The van der Waals surface area contributed by atoms with Crippen LogP contribution in [0.1, 0.15) is 42.7 Å². The van der Waals surface area contributed by atoms with Crippen LogP contribution < -0.4 is 15.4 Å². The molecule has 6 nitrogen and oxygen atoms in total. The van der Waals surface area contributed by atoms with Gasteiger partial charge in [-0.25, -0.2) is 0 Å². The van der Waals surface area contributed by atoms with E-state index in [4.69, 9.17) is 4.74 Å². The number of nitrogens with zero attached hydrogens (tertiary/aromatic N) is 2. The van der Waals surface area contributed by atoms with E-state index >= 15 is 0 Å². The Labute approximate surface area is 178 Å². The molecule has 0 spiro atoms. The molecule has 2 aliphatic rings. The van der Waals surface area contributed by atoms with Crippen LogP contribution in [0.5, 0.6) is 5.75 Å². The number of carbonyl (C=O) groups excluding carboxylic acids is 1. The van der Waals surface area contributed by atoms with Crippen LogP contribution in [0, 0.1) is 5.92 Å². The molecular formula is C22H31ClN4O2. The maximum absolute atomic E-state index is 13.1. The van der Waals surface area contributed by atoms with Crippen LogP contribution >= 0.6 is 12.4 Å². The number of aromatic nitrogens is 2. The number of aryl methyl sites for hydroxylation is 1. The van der Waals surface area contributed by atoms with Crippen molar-refractivity contribution in [2.24, 2.45) is 13.0 Å². The minimum atomic E-state index is -0.0553. The summed E-state index contributed by atoms with van der Waals surface area (Å²) >= 11 is 0. The minimum absolute atomic E-state index is 0. The number of methoxy groups -OCH3 is 1.